The van der Waals surface area contributed by atoms with Crippen LogP contribution in [0.15, 0.2) is 18.6 Å². The van der Waals surface area contributed by atoms with E-state index in [0.717, 1.165) is 10.9 Å². The zero-order chi connectivity index (χ0) is 9.26. The third-order valence-electron chi connectivity index (χ3n) is 1.67. The second kappa shape index (κ2) is 2.85. The van der Waals surface area contributed by atoms with Crippen LogP contribution in [0.25, 0.3) is 10.9 Å². The molecule has 5 nitrogen and oxygen atoms in total. The maximum absolute atomic E-state index is 10.8. The van der Waals surface area contributed by atoms with Gasteiger partial charge in [-0.2, -0.15) is 5.10 Å². The van der Waals surface area contributed by atoms with Crippen LogP contribution in [0.1, 0.15) is 6.92 Å². The van der Waals surface area contributed by atoms with Gasteiger partial charge in [-0.1, -0.05) is 0 Å². The third-order valence-corrected chi connectivity index (χ3v) is 1.67. The number of nitrogens with zero attached hydrogens (tertiary/aromatic N) is 2. The number of nitrogens with one attached hydrogen (secondary N) is 2. The summed E-state index contributed by atoms with van der Waals surface area (Å²) >= 11 is 0. The highest BCUT2D eigenvalue weighted by Crippen LogP contribution is 2.18. The summed E-state index contributed by atoms with van der Waals surface area (Å²) in [4.78, 5) is 14.8. The smallest absolute Gasteiger partial charge is 0.221 e. The van der Waals surface area contributed by atoms with E-state index in [1.807, 2.05) is 0 Å². The van der Waals surface area contributed by atoms with E-state index in [4.69, 9.17) is 0 Å². The van der Waals surface area contributed by atoms with Crippen molar-refractivity contribution in [2.24, 2.45) is 0 Å². The molecule has 0 aliphatic carbocycles. The number of hydrogen-bond donors (Lipinski definition) is 2. The van der Waals surface area contributed by atoms with Gasteiger partial charge >= 0.3 is 0 Å². The first kappa shape index (κ1) is 7.72. The maximum atomic E-state index is 10.8. The van der Waals surface area contributed by atoms with E-state index >= 15 is 0 Å². The number of rotatable bonds is 1. The summed E-state index contributed by atoms with van der Waals surface area (Å²) in [7, 11) is 0. The molecule has 66 valence electrons. The van der Waals surface area contributed by atoms with E-state index in [9.17, 15) is 4.79 Å². The van der Waals surface area contributed by atoms with Crippen LogP contribution in [-0.4, -0.2) is 21.1 Å². The lowest BCUT2D eigenvalue weighted by molar-refractivity contribution is -0.114. The van der Waals surface area contributed by atoms with E-state index in [-0.39, 0.29) is 5.91 Å². The number of aromatic nitrogens is 3. The fourth-order valence-electron chi connectivity index (χ4n) is 1.15. The normalized spacial score (nSPS) is 10.2. The minimum Gasteiger partial charge on any atom is -0.323 e. The summed E-state index contributed by atoms with van der Waals surface area (Å²) in [6.07, 6.45) is 4.93. The number of H-pyrrole nitrogens is 1. The fourth-order valence-corrected chi connectivity index (χ4v) is 1.15. The summed E-state index contributed by atoms with van der Waals surface area (Å²) in [6, 6.07) is 0. The molecule has 2 N–H and O–H groups in total. The van der Waals surface area contributed by atoms with Crippen molar-refractivity contribution in [3.05, 3.63) is 18.6 Å². The Morgan fingerprint density at radius 3 is 3.08 bits per heavy atom. The molecule has 0 aliphatic rings. The van der Waals surface area contributed by atoms with E-state index in [1.54, 1.807) is 18.6 Å². The lowest BCUT2D eigenvalue weighted by atomic mass is 10.3. The van der Waals surface area contributed by atoms with Gasteiger partial charge in [-0.3, -0.25) is 14.9 Å². The van der Waals surface area contributed by atoms with Crippen LogP contribution in [0.4, 0.5) is 5.69 Å². The predicted octanol–water partition coefficient (Wildman–Crippen LogP) is 0.916. The summed E-state index contributed by atoms with van der Waals surface area (Å²) < 4.78 is 0. The van der Waals surface area contributed by atoms with Gasteiger partial charge in [-0.05, 0) is 0 Å². The molecule has 0 unspecified atom stereocenters. The van der Waals surface area contributed by atoms with E-state index in [1.165, 1.54) is 6.92 Å². The highest BCUT2D eigenvalue weighted by atomic mass is 16.1. The quantitative estimate of drug-likeness (QED) is 0.678. The number of carbonyl (C=O) groups excluding carboxylic acids is 1. The SMILES string of the molecule is CC(=O)Nc1cncc2cn[nH]c12. The summed E-state index contributed by atoms with van der Waals surface area (Å²) in [5.41, 5.74) is 1.45. The Balaban J connectivity index is 2.54. The average Bonchev–Trinajstić information content (AvgIpc) is 2.51. The molecule has 0 radical (unpaired) electrons. The second-order valence-electron chi connectivity index (χ2n) is 2.70. The van der Waals surface area contributed by atoms with E-state index in [2.05, 4.69) is 20.5 Å². The van der Waals surface area contributed by atoms with Crippen LogP contribution < -0.4 is 5.32 Å². The first-order valence-corrected chi connectivity index (χ1v) is 3.82. The van der Waals surface area contributed by atoms with Crippen molar-refractivity contribution < 1.29 is 4.79 Å². The van der Waals surface area contributed by atoms with Crippen molar-refractivity contribution in [2.75, 3.05) is 5.32 Å². The van der Waals surface area contributed by atoms with Gasteiger partial charge in [0, 0.05) is 18.5 Å². The molecule has 0 aliphatic heterocycles. The Bertz CT molecular complexity index is 448. The largest absolute Gasteiger partial charge is 0.323 e. The van der Waals surface area contributed by atoms with Gasteiger partial charge in [-0.15, -0.1) is 0 Å². The number of amides is 1. The second-order valence-corrected chi connectivity index (χ2v) is 2.70. The molecule has 0 spiro atoms. The lowest BCUT2D eigenvalue weighted by Gasteiger charge is -2.00. The molecule has 2 rings (SSSR count). The molecule has 5 heteroatoms. The molecule has 0 bridgehead atoms. The van der Waals surface area contributed by atoms with Crippen molar-refractivity contribution in [1.29, 1.82) is 0 Å². The molecule has 0 saturated carbocycles. The molecule has 0 saturated heterocycles. The van der Waals surface area contributed by atoms with Gasteiger partial charge < -0.3 is 5.32 Å². The first-order chi connectivity index (χ1) is 6.27. The van der Waals surface area contributed by atoms with E-state index in [0.29, 0.717) is 5.69 Å². The van der Waals surface area contributed by atoms with Crippen LogP contribution in [0, 0.1) is 0 Å². The van der Waals surface area contributed by atoms with Crippen LogP contribution in [0.2, 0.25) is 0 Å². The highest BCUT2D eigenvalue weighted by molar-refractivity contribution is 5.98. The fraction of sp³-hybridized carbons (Fsp3) is 0.125. The topological polar surface area (TPSA) is 70.7 Å². The van der Waals surface area contributed by atoms with Crippen LogP contribution in [0.5, 0.6) is 0 Å². The Kier molecular flexibility index (Phi) is 1.70. The highest BCUT2D eigenvalue weighted by Gasteiger charge is 2.03. The number of aromatic amines is 1. The first-order valence-electron chi connectivity index (χ1n) is 3.82. The standard InChI is InChI=1S/C8H8N4O/c1-5(13)11-7-4-9-2-6-3-10-12-8(6)7/h2-4H,1H3,(H,10,12)(H,11,13). The Morgan fingerprint density at radius 2 is 2.31 bits per heavy atom. The maximum Gasteiger partial charge on any atom is 0.221 e. The third kappa shape index (κ3) is 1.35. The van der Waals surface area contributed by atoms with Gasteiger partial charge in [0.15, 0.2) is 0 Å². The molecule has 2 heterocycles. The van der Waals surface area contributed by atoms with Crippen molar-refractivity contribution in [3.63, 3.8) is 0 Å². The van der Waals surface area contributed by atoms with Gasteiger partial charge in [0.2, 0.25) is 5.91 Å². The lowest BCUT2D eigenvalue weighted by Crippen LogP contribution is -2.06. The molecule has 2 aromatic heterocycles. The van der Waals surface area contributed by atoms with Gasteiger partial charge in [0.05, 0.1) is 23.6 Å². The number of pyridine rings is 1. The van der Waals surface area contributed by atoms with Crippen LogP contribution >= 0.6 is 0 Å². The molecule has 0 aromatic carbocycles. The van der Waals surface area contributed by atoms with Gasteiger partial charge in [0.1, 0.15) is 0 Å². The minimum absolute atomic E-state index is 0.121. The molecule has 13 heavy (non-hydrogen) atoms. The van der Waals surface area contributed by atoms with Crippen molar-refractivity contribution >= 4 is 22.5 Å². The number of hydrogen-bond acceptors (Lipinski definition) is 3. The Hall–Kier alpha value is -1.91. The minimum atomic E-state index is -0.121. The van der Waals surface area contributed by atoms with Crippen molar-refractivity contribution in [2.45, 2.75) is 6.92 Å². The number of anilines is 1. The van der Waals surface area contributed by atoms with Gasteiger partial charge in [-0.25, -0.2) is 0 Å². The summed E-state index contributed by atoms with van der Waals surface area (Å²) in [5, 5.41) is 10.2. The van der Waals surface area contributed by atoms with Gasteiger partial charge in [0.25, 0.3) is 0 Å². The Morgan fingerprint density at radius 1 is 1.46 bits per heavy atom. The average molecular weight is 176 g/mol. The zero-order valence-corrected chi connectivity index (χ0v) is 7.03. The summed E-state index contributed by atoms with van der Waals surface area (Å²) in [6.45, 7) is 1.45. The summed E-state index contributed by atoms with van der Waals surface area (Å²) in [5.74, 6) is -0.121. The van der Waals surface area contributed by atoms with Crippen LogP contribution in [0.3, 0.4) is 0 Å². The molecule has 2 aromatic rings. The Labute approximate surface area is 74.2 Å². The monoisotopic (exact) mass is 176 g/mol. The molecular formula is C8H8N4O. The predicted molar refractivity (Wildman–Crippen MR) is 48.2 cm³/mol. The van der Waals surface area contributed by atoms with E-state index < -0.39 is 0 Å². The molecule has 0 atom stereocenters. The molecule has 0 fully saturated rings. The van der Waals surface area contributed by atoms with Crippen LogP contribution in [-0.2, 0) is 4.79 Å². The molecule has 1 amide bonds. The number of carbonyl (C=O) groups is 1. The zero-order valence-electron chi connectivity index (χ0n) is 7.03. The van der Waals surface area contributed by atoms with Crippen molar-refractivity contribution in [1.82, 2.24) is 15.2 Å². The number of fused-ring (bicyclic) bond motifs is 1. The van der Waals surface area contributed by atoms with Crippen molar-refractivity contribution in [3.8, 4) is 0 Å². The molecular weight excluding hydrogens is 168 g/mol.